The van der Waals surface area contributed by atoms with E-state index in [0.29, 0.717) is 5.69 Å². The Morgan fingerprint density at radius 3 is 2.79 bits per heavy atom. The lowest BCUT2D eigenvalue weighted by atomic mass is 10.2. The number of aliphatic carboxylic acids is 1. The van der Waals surface area contributed by atoms with Gasteiger partial charge in [-0.15, -0.1) is 10.2 Å². The van der Waals surface area contributed by atoms with Crippen molar-refractivity contribution in [1.29, 1.82) is 0 Å². The van der Waals surface area contributed by atoms with Crippen molar-refractivity contribution in [1.82, 2.24) is 15.2 Å². The number of hydrogen-bond donors (Lipinski definition) is 3. The normalized spacial score (nSPS) is 10.4. The Morgan fingerprint density at radius 1 is 1.33 bits per heavy atom. The van der Waals surface area contributed by atoms with Crippen molar-refractivity contribution in [2.45, 2.75) is 18.0 Å². The van der Waals surface area contributed by atoms with Gasteiger partial charge in [0.1, 0.15) is 11.5 Å². The molecule has 126 valence electrons. The van der Waals surface area contributed by atoms with Crippen LogP contribution in [0.25, 0.3) is 0 Å². The minimum absolute atomic E-state index is 0.0194. The van der Waals surface area contributed by atoms with Gasteiger partial charge in [0.25, 0.3) is 5.56 Å². The zero-order valence-electron chi connectivity index (χ0n) is 12.3. The van der Waals surface area contributed by atoms with E-state index in [9.17, 15) is 18.8 Å². The third kappa shape index (κ3) is 5.47. The maximum absolute atomic E-state index is 13.0. The fourth-order valence-electron chi connectivity index (χ4n) is 1.70. The quantitative estimate of drug-likeness (QED) is 0.636. The topological polar surface area (TPSA) is 125 Å². The molecule has 3 N–H and O–H groups in total. The third-order valence-corrected chi connectivity index (χ3v) is 3.63. The predicted octanol–water partition coefficient (Wildman–Crippen LogP) is 1.05. The molecule has 0 spiro atoms. The summed E-state index contributed by atoms with van der Waals surface area (Å²) in [7, 11) is 0. The minimum Gasteiger partial charge on any atom is -0.481 e. The molecule has 0 saturated heterocycles. The number of amides is 1. The van der Waals surface area contributed by atoms with Crippen molar-refractivity contribution in [2.24, 2.45) is 0 Å². The molecule has 2 rings (SSSR count). The van der Waals surface area contributed by atoms with E-state index in [1.807, 2.05) is 0 Å². The van der Waals surface area contributed by atoms with Crippen LogP contribution in [0.15, 0.2) is 34.2 Å². The maximum Gasteiger partial charge on any atom is 0.303 e. The molecule has 0 saturated carbocycles. The summed E-state index contributed by atoms with van der Waals surface area (Å²) in [6, 6.07) is 5.46. The number of rotatable bonds is 7. The van der Waals surface area contributed by atoms with Gasteiger partial charge in [-0.05, 0) is 18.2 Å². The van der Waals surface area contributed by atoms with Crippen LogP contribution in [-0.2, 0) is 16.0 Å². The molecule has 0 atom stereocenters. The monoisotopic (exact) mass is 352 g/mol. The molecule has 1 heterocycles. The first-order valence-electron chi connectivity index (χ1n) is 6.80. The number of halogens is 1. The molecule has 2 aromatic rings. The predicted molar refractivity (Wildman–Crippen MR) is 84.4 cm³/mol. The number of carboxylic acid groups (broad SMARTS) is 1. The summed E-state index contributed by atoms with van der Waals surface area (Å²) in [5.74, 6) is -1.96. The van der Waals surface area contributed by atoms with E-state index in [4.69, 9.17) is 5.11 Å². The van der Waals surface area contributed by atoms with Gasteiger partial charge >= 0.3 is 5.97 Å². The zero-order chi connectivity index (χ0) is 17.5. The van der Waals surface area contributed by atoms with Crippen molar-refractivity contribution in [3.05, 3.63) is 46.1 Å². The fraction of sp³-hybridized carbons (Fsp3) is 0.214. The summed E-state index contributed by atoms with van der Waals surface area (Å²) < 4.78 is 13.0. The first-order chi connectivity index (χ1) is 11.4. The van der Waals surface area contributed by atoms with Gasteiger partial charge in [0.2, 0.25) is 5.91 Å². The summed E-state index contributed by atoms with van der Waals surface area (Å²) in [5.41, 5.74) is -0.200. The highest BCUT2D eigenvalue weighted by Crippen LogP contribution is 2.13. The summed E-state index contributed by atoms with van der Waals surface area (Å²) in [4.78, 5) is 36.4. The van der Waals surface area contributed by atoms with E-state index in [-0.39, 0.29) is 29.4 Å². The number of benzene rings is 1. The summed E-state index contributed by atoms with van der Waals surface area (Å²) in [6.07, 6.45) is -0.247. The van der Waals surface area contributed by atoms with E-state index in [1.165, 1.54) is 18.2 Å². The molecular formula is C14H13FN4O4S. The molecular weight excluding hydrogens is 339 g/mol. The zero-order valence-corrected chi connectivity index (χ0v) is 13.1. The number of carbonyl (C=O) groups is 2. The lowest BCUT2D eigenvalue weighted by Gasteiger charge is -2.05. The van der Waals surface area contributed by atoms with E-state index >= 15 is 0 Å². The summed E-state index contributed by atoms with van der Waals surface area (Å²) >= 11 is 0.948. The lowest BCUT2D eigenvalue weighted by Crippen LogP contribution is -2.19. The first kappa shape index (κ1) is 17.6. The van der Waals surface area contributed by atoms with Crippen LogP contribution >= 0.6 is 11.8 Å². The number of anilines is 1. The molecule has 0 unspecified atom stereocenters. The third-order valence-electron chi connectivity index (χ3n) is 2.77. The Kier molecular flexibility index (Phi) is 6.01. The van der Waals surface area contributed by atoms with Crippen molar-refractivity contribution >= 4 is 29.3 Å². The molecule has 0 aliphatic heterocycles. The van der Waals surface area contributed by atoms with Crippen LogP contribution in [0.3, 0.4) is 0 Å². The van der Waals surface area contributed by atoms with Gasteiger partial charge in [-0.25, -0.2) is 4.39 Å². The van der Waals surface area contributed by atoms with Crippen molar-refractivity contribution < 1.29 is 19.1 Å². The van der Waals surface area contributed by atoms with Crippen LogP contribution in [-0.4, -0.2) is 37.9 Å². The van der Waals surface area contributed by atoms with Crippen LogP contribution in [0.1, 0.15) is 12.1 Å². The van der Waals surface area contributed by atoms with Gasteiger partial charge in [0.05, 0.1) is 12.2 Å². The van der Waals surface area contributed by atoms with Gasteiger partial charge < -0.3 is 10.4 Å². The number of aryl methyl sites for hydroxylation is 1. The second-order valence-corrected chi connectivity index (χ2v) is 5.61. The highest BCUT2D eigenvalue weighted by molar-refractivity contribution is 7.99. The van der Waals surface area contributed by atoms with E-state index in [0.717, 1.165) is 11.8 Å². The Morgan fingerprint density at radius 2 is 2.12 bits per heavy atom. The molecule has 1 aromatic carbocycles. The Labute approximate surface area is 139 Å². The molecule has 1 amide bonds. The Balaban J connectivity index is 1.89. The van der Waals surface area contributed by atoms with Gasteiger partial charge in [-0.2, -0.15) is 0 Å². The average molecular weight is 352 g/mol. The number of nitrogens with zero attached hydrogens (tertiary/aromatic N) is 2. The highest BCUT2D eigenvalue weighted by Gasteiger charge is 2.10. The number of aromatic amines is 1. The minimum atomic E-state index is -1.04. The van der Waals surface area contributed by atoms with E-state index in [1.54, 1.807) is 6.07 Å². The summed E-state index contributed by atoms with van der Waals surface area (Å²) in [6.45, 7) is 0. The van der Waals surface area contributed by atoms with Gasteiger partial charge in [-0.3, -0.25) is 19.4 Å². The number of hydrogen-bond acceptors (Lipinski definition) is 6. The van der Waals surface area contributed by atoms with Gasteiger partial charge in [0, 0.05) is 12.1 Å². The van der Waals surface area contributed by atoms with Crippen LogP contribution in [0.4, 0.5) is 10.1 Å². The number of carbonyl (C=O) groups excluding carboxylic acids is 1. The van der Waals surface area contributed by atoms with E-state index < -0.39 is 23.3 Å². The average Bonchev–Trinajstić information content (AvgIpc) is 2.52. The van der Waals surface area contributed by atoms with Crippen LogP contribution in [0.2, 0.25) is 0 Å². The Hall–Kier alpha value is -2.75. The maximum atomic E-state index is 13.0. The van der Waals surface area contributed by atoms with E-state index in [2.05, 4.69) is 20.5 Å². The standard InChI is InChI=1S/C14H13FN4O4S/c15-8-2-1-3-9(6-8)16-11(20)7-24-14-17-13(23)10(18-19-14)4-5-12(21)22/h1-3,6H,4-5,7H2,(H,16,20)(H,21,22)(H,17,19,23). The SMILES string of the molecule is O=C(O)CCc1nnc(SCC(=O)Nc2cccc(F)c2)[nH]c1=O. The molecule has 24 heavy (non-hydrogen) atoms. The molecule has 0 radical (unpaired) electrons. The number of aromatic nitrogens is 3. The molecule has 8 nitrogen and oxygen atoms in total. The van der Waals surface area contributed by atoms with Crippen molar-refractivity contribution in [2.75, 3.05) is 11.1 Å². The van der Waals surface area contributed by atoms with Crippen molar-refractivity contribution in [3.8, 4) is 0 Å². The molecule has 10 heteroatoms. The van der Waals surface area contributed by atoms with Crippen LogP contribution < -0.4 is 10.9 Å². The molecule has 0 bridgehead atoms. The molecule has 0 aliphatic rings. The Bertz CT molecular complexity index is 811. The van der Waals surface area contributed by atoms with Crippen LogP contribution in [0.5, 0.6) is 0 Å². The molecule has 1 aromatic heterocycles. The number of H-pyrrole nitrogens is 1. The second kappa shape index (κ2) is 8.20. The first-order valence-corrected chi connectivity index (χ1v) is 7.78. The van der Waals surface area contributed by atoms with Crippen LogP contribution in [0, 0.1) is 5.82 Å². The van der Waals surface area contributed by atoms with Gasteiger partial charge in [-0.1, -0.05) is 17.8 Å². The number of carboxylic acids is 1. The smallest absolute Gasteiger partial charge is 0.303 e. The highest BCUT2D eigenvalue weighted by atomic mass is 32.2. The van der Waals surface area contributed by atoms with Crippen molar-refractivity contribution in [3.63, 3.8) is 0 Å². The summed E-state index contributed by atoms with van der Waals surface area (Å²) in [5, 5.41) is 18.6. The largest absolute Gasteiger partial charge is 0.481 e. The number of thioether (sulfide) groups is 1. The number of nitrogens with one attached hydrogen (secondary N) is 2. The molecule has 0 fully saturated rings. The second-order valence-electron chi connectivity index (χ2n) is 4.65. The molecule has 0 aliphatic carbocycles. The lowest BCUT2D eigenvalue weighted by molar-refractivity contribution is -0.137. The fourth-order valence-corrected chi connectivity index (χ4v) is 2.30. The van der Waals surface area contributed by atoms with Gasteiger partial charge in [0.15, 0.2) is 5.16 Å².